The fourth-order valence-corrected chi connectivity index (χ4v) is 2.56. The van der Waals surface area contributed by atoms with Crippen LogP contribution >= 0.6 is 23.2 Å². The van der Waals surface area contributed by atoms with Crippen molar-refractivity contribution in [1.82, 2.24) is 14.5 Å². The number of halogens is 5. The zero-order valence-corrected chi connectivity index (χ0v) is 12.4. The van der Waals surface area contributed by atoms with Crippen LogP contribution in [0.15, 0.2) is 36.7 Å². The van der Waals surface area contributed by atoms with E-state index in [4.69, 9.17) is 23.2 Å². The van der Waals surface area contributed by atoms with Crippen molar-refractivity contribution in [3.8, 4) is 0 Å². The average molecular weight is 346 g/mol. The lowest BCUT2D eigenvalue weighted by molar-refractivity contribution is -0.137. The van der Waals surface area contributed by atoms with E-state index in [2.05, 4.69) is 9.97 Å². The van der Waals surface area contributed by atoms with Gasteiger partial charge in [0.1, 0.15) is 10.7 Å². The monoisotopic (exact) mass is 345 g/mol. The molecule has 2 aromatic heterocycles. The van der Waals surface area contributed by atoms with Crippen molar-refractivity contribution < 1.29 is 13.2 Å². The molecule has 0 atom stereocenters. The van der Waals surface area contributed by atoms with E-state index in [-0.39, 0.29) is 5.15 Å². The van der Waals surface area contributed by atoms with E-state index in [1.807, 2.05) is 0 Å². The van der Waals surface area contributed by atoms with E-state index in [1.165, 1.54) is 24.5 Å². The van der Waals surface area contributed by atoms with Gasteiger partial charge in [0.05, 0.1) is 23.5 Å². The second kappa shape index (κ2) is 5.44. The van der Waals surface area contributed by atoms with Gasteiger partial charge in [-0.15, -0.1) is 0 Å². The third kappa shape index (κ3) is 2.89. The molecule has 0 radical (unpaired) electrons. The second-order valence-electron chi connectivity index (χ2n) is 4.67. The van der Waals surface area contributed by atoms with Gasteiger partial charge >= 0.3 is 6.18 Å². The number of aromatic nitrogens is 3. The topological polar surface area (TPSA) is 30.7 Å². The molecule has 2 heterocycles. The number of benzene rings is 1. The zero-order valence-electron chi connectivity index (χ0n) is 10.9. The standard InChI is InChI=1S/C14H8Cl2F3N3/c15-10-5-11(16)21-13-12(10)20-7-22(13)6-8-1-3-9(4-2-8)14(17,18)19/h1-5,7H,6H2. The highest BCUT2D eigenvalue weighted by Crippen LogP contribution is 2.29. The molecule has 0 saturated heterocycles. The fraction of sp³-hybridized carbons (Fsp3) is 0.143. The Balaban J connectivity index is 1.93. The Hall–Kier alpha value is -1.79. The number of fused-ring (bicyclic) bond motifs is 1. The zero-order chi connectivity index (χ0) is 15.9. The molecule has 0 fully saturated rings. The van der Waals surface area contributed by atoms with E-state index in [1.54, 1.807) is 4.57 Å². The van der Waals surface area contributed by atoms with Gasteiger partial charge in [-0.1, -0.05) is 35.3 Å². The third-order valence-corrected chi connectivity index (χ3v) is 3.61. The van der Waals surface area contributed by atoms with Crippen LogP contribution in [0.4, 0.5) is 13.2 Å². The third-order valence-electron chi connectivity index (χ3n) is 3.13. The predicted molar refractivity (Wildman–Crippen MR) is 78.1 cm³/mol. The smallest absolute Gasteiger partial charge is 0.311 e. The van der Waals surface area contributed by atoms with Gasteiger partial charge in [0.2, 0.25) is 0 Å². The molecule has 0 amide bonds. The van der Waals surface area contributed by atoms with Crippen LogP contribution < -0.4 is 0 Å². The summed E-state index contributed by atoms with van der Waals surface area (Å²) in [6.07, 6.45) is -2.82. The Morgan fingerprint density at radius 3 is 2.41 bits per heavy atom. The number of pyridine rings is 1. The van der Waals surface area contributed by atoms with Crippen LogP contribution in [0, 0.1) is 0 Å². The summed E-state index contributed by atoms with van der Waals surface area (Å²) in [5.74, 6) is 0. The molecule has 22 heavy (non-hydrogen) atoms. The quantitative estimate of drug-likeness (QED) is 0.624. The van der Waals surface area contributed by atoms with Gasteiger partial charge in [-0.25, -0.2) is 9.97 Å². The number of alkyl halides is 3. The van der Waals surface area contributed by atoms with Gasteiger partial charge in [-0.05, 0) is 23.8 Å². The molecule has 0 spiro atoms. The van der Waals surface area contributed by atoms with E-state index in [9.17, 15) is 13.2 Å². The van der Waals surface area contributed by atoms with E-state index >= 15 is 0 Å². The van der Waals surface area contributed by atoms with Crippen LogP contribution in [-0.2, 0) is 12.7 Å². The predicted octanol–water partition coefficient (Wildman–Crippen LogP) is 4.81. The van der Waals surface area contributed by atoms with E-state index in [0.717, 1.165) is 12.1 Å². The highest BCUT2D eigenvalue weighted by atomic mass is 35.5. The largest absolute Gasteiger partial charge is 0.416 e. The Labute approximate surface area is 133 Å². The lowest BCUT2D eigenvalue weighted by atomic mass is 10.1. The Bertz CT molecular complexity index is 826. The van der Waals surface area contributed by atoms with E-state index in [0.29, 0.717) is 28.3 Å². The van der Waals surface area contributed by atoms with Crippen molar-refractivity contribution >= 4 is 34.4 Å². The molecule has 8 heteroatoms. The number of imidazole rings is 1. The van der Waals surface area contributed by atoms with Gasteiger partial charge in [-0.3, -0.25) is 0 Å². The minimum atomic E-state index is -4.34. The summed E-state index contributed by atoms with van der Waals surface area (Å²) in [5.41, 5.74) is 0.983. The fourth-order valence-electron chi connectivity index (χ4n) is 2.08. The van der Waals surface area contributed by atoms with Crippen LogP contribution in [0.3, 0.4) is 0 Å². The summed E-state index contributed by atoms with van der Waals surface area (Å²) in [4.78, 5) is 8.29. The molecule has 0 aliphatic carbocycles. The Morgan fingerprint density at radius 2 is 1.77 bits per heavy atom. The van der Waals surface area contributed by atoms with Crippen molar-refractivity contribution in [2.45, 2.75) is 12.7 Å². The molecular weight excluding hydrogens is 338 g/mol. The molecule has 0 saturated carbocycles. The molecule has 0 N–H and O–H groups in total. The number of hydrogen-bond acceptors (Lipinski definition) is 2. The first kappa shape index (κ1) is 15.1. The van der Waals surface area contributed by atoms with Crippen LogP contribution in [-0.4, -0.2) is 14.5 Å². The molecular formula is C14H8Cl2F3N3. The van der Waals surface area contributed by atoms with Crippen molar-refractivity contribution in [1.29, 1.82) is 0 Å². The molecule has 0 aliphatic heterocycles. The number of hydrogen-bond donors (Lipinski definition) is 0. The second-order valence-corrected chi connectivity index (χ2v) is 5.46. The highest BCUT2D eigenvalue weighted by Gasteiger charge is 2.29. The van der Waals surface area contributed by atoms with Crippen LogP contribution in [0.25, 0.3) is 11.2 Å². The van der Waals surface area contributed by atoms with Crippen LogP contribution in [0.1, 0.15) is 11.1 Å². The molecule has 0 aliphatic rings. The van der Waals surface area contributed by atoms with Crippen LogP contribution in [0.2, 0.25) is 10.2 Å². The van der Waals surface area contributed by atoms with Crippen LogP contribution in [0.5, 0.6) is 0 Å². The Morgan fingerprint density at radius 1 is 1.09 bits per heavy atom. The first-order chi connectivity index (χ1) is 10.3. The maximum atomic E-state index is 12.5. The van der Waals surface area contributed by atoms with Crippen molar-refractivity contribution in [3.05, 3.63) is 58.0 Å². The summed E-state index contributed by atoms with van der Waals surface area (Å²) in [5, 5.41) is 0.604. The minimum absolute atomic E-state index is 0.228. The Kier molecular flexibility index (Phi) is 3.74. The highest BCUT2D eigenvalue weighted by molar-refractivity contribution is 6.37. The molecule has 0 unspecified atom stereocenters. The van der Waals surface area contributed by atoms with Gasteiger partial charge in [-0.2, -0.15) is 13.2 Å². The molecule has 114 valence electrons. The summed E-state index contributed by atoms with van der Waals surface area (Å²) < 4.78 is 39.3. The number of nitrogens with zero attached hydrogens (tertiary/aromatic N) is 3. The van der Waals surface area contributed by atoms with Gasteiger partial charge < -0.3 is 4.57 Å². The summed E-state index contributed by atoms with van der Waals surface area (Å²) in [6, 6.07) is 6.41. The van der Waals surface area contributed by atoms with Gasteiger partial charge in [0.15, 0.2) is 5.65 Å². The summed E-state index contributed by atoms with van der Waals surface area (Å²) >= 11 is 11.9. The molecule has 1 aromatic carbocycles. The van der Waals surface area contributed by atoms with Gasteiger partial charge in [0, 0.05) is 0 Å². The summed E-state index contributed by atoms with van der Waals surface area (Å²) in [7, 11) is 0. The first-order valence-electron chi connectivity index (χ1n) is 6.17. The number of rotatable bonds is 2. The lowest BCUT2D eigenvalue weighted by Crippen LogP contribution is -2.05. The summed E-state index contributed by atoms with van der Waals surface area (Å²) in [6.45, 7) is 0.318. The molecule has 3 nitrogen and oxygen atoms in total. The van der Waals surface area contributed by atoms with Crippen molar-refractivity contribution in [2.24, 2.45) is 0 Å². The normalized spacial score (nSPS) is 12.0. The molecule has 0 bridgehead atoms. The SMILES string of the molecule is FC(F)(F)c1ccc(Cn2cnc3c(Cl)cc(Cl)nc32)cc1. The minimum Gasteiger partial charge on any atom is -0.311 e. The molecule has 3 aromatic rings. The first-order valence-corrected chi connectivity index (χ1v) is 6.93. The van der Waals surface area contributed by atoms with Crippen molar-refractivity contribution in [3.63, 3.8) is 0 Å². The molecule has 3 rings (SSSR count). The maximum absolute atomic E-state index is 12.5. The lowest BCUT2D eigenvalue weighted by Gasteiger charge is -2.08. The van der Waals surface area contributed by atoms with Crippen molar-refractivity contribution in [2.75, 3.05) is 0 Å². The average Bonchev–Trinajstić information content (AvgIpc) is 2.82. The van der Waals surface area contributed by atoms with E-state index < -0.39 is 11.7 Å². The van der Waals surface area contributed by atoms with Gasteiger partial charge in [0.25, 0.3) is 0 Å². The maximum Gasteiger partial charge on any atom is 0.416 e.